The molecule has 49 heavy (non-hydrogen) atoms. The van der Waals surface area contributed by atoms with Crippen molar-refractivity contribution in [3.63, 3.8) is 0 Å². The van der Waals surface area contributed by atoms with Crippen molar-refractivity contribution in [2.75, 3.05) is 26.1 Å². The fraction of sp³-hybridized carbons (Fsp3) is 0.150. The number of halogens is 2. The van der Waals surface area contributed by atoms with Crippen LogP contribution in [0.5, 0.6) is 11.5 Å². The molecular weight excluding hydrogens is 657 g/mol. The van der Waals surface area contributed by atoms with Crippen molar-refractivity contribution in [1.29, 1.82) is 0 Å². The number of amides is 2. The van der Waals surface area contributed by atoms with Crippen LogP contribution in [0, 0.1) is 0 Å². The van der Waals surface area contributed by atoms with Crippen LogP contribution in [0.1, 0.15) is 37.5 Å². The Hall–Kier alpha value is -5.24. The van der Waals surface area contributed by atoms with Gasteiger partial charge >= 0.3 is 0 Å². The number of hydrogen-bond acceptors (Lipinski definition) is 4. The van der Waals surface area contributed by atoms with Crippen molar-refractivity contribution >= 4 is 51.6 Å². The van der Waals surface area contributed by atoms with Gasteiger partial charge in [-0.05, 0) is 113 Å². The molecule has 5 aromatic carbocycles. The molecule has 0 spiro atoms. The van der Waals surface area contributed by atoms with Crippen LogP contribution in [0.2, 0.25) is 10.0 Å². The highest BCUT2D eigenvalue weighted by Gasteiger charge is 2.27. The molecule has 6 aromatic rings. The number of hydrogen-bond donors (Lipinski definition) is 1. The van der Waals surface area contributed by atoms with Crippen LogP contribution < -0.4 is 14.8 Å². The molecule has 7 rings (SSSR count). The highest BCUT2D eigenvalue weighted by molar-refractivity contribution is 6.31. The highest BCUT2D eigenvalue weighted by atomic mass is 35.5. The van der Waals surface area contributed by atoms with E-state index in [4.69, 9.17) is 32.7 Å². The molecule has 1 aliphatic heterocycles. The van der Waals surface area contributed by atoms with Gasteiger partial charge in [0.15, 0.2) is 11.5 Å². The summed E-state index contributed by atoms with van der Waals surface area (Å²) in [7, 11) is 3.25. The summed E-state index contributed by atoms with van der Waals surface area (Å²) in [5, 5.41) is 5.11. The number of rotatable bonds is 8. The SMILES string of the molecule is COc1cc2c(cc1OC)CN(C(=O)c1cc3cc(-c4ccc(NC(=O)c5ccc(Cl)cc5)cc4)ccc3n1Cc1cccc(Cl)c1)CC2. The van der Waals surface area contributed by atoms with Gasteiger partial charge in [-0.25, -0.2) is 0 Å². The molecule has 7 nitrogen and oxygen atoms in total. The zero-order valence-corrected chi connectivity index (χ0v) is 28.5. The van der Waals surface area contributed by atoms with Gasteiger partial charge in [0.05, 0.1) is 14.2 Å². The van der Waals surface area contributed by atoms with E-state index in [-0.39, 0.29) is 11.8 Å². The summed E-state index contributed by atoms with van der Waals surface area (Å²) >= 11 is 12.3. The molecule has 0 unspecified atom stereocenters. The predicted octanol–water partition coefficient (Wildman–Crippen LogP) is 9.13. The van der Waals surface area contributed by atoms with Gasteiger partial charge < -0.3 is 24.3 Å². The number of aromatic nitrogens is 1. The van der Waals surface area contributed by atoms with Gasteiger partial charge in [-0.1, -0.05) is 53.5 Å². The van der Waals surface area contributed by atoms with E-state index < -0.39 is 0 Å². The molecular formula is C40H33Cl2N3O4. The molecule has 1 N–H and O–H groups in total. The number of benzene rings is 5. The average Bonchev–Trinajstić information content (AvgIpc) is 3.48. The number of ether oxygens (including phenoxy) is 2. The molecule has 0 atom stereocenters. The Balaban J connectivity index is 1.19. The first kappa shape index (κ1) is 32.3. The maximum atomic E-state index is 14.3. The van der Waals surface area contributed by atoms with Crippen LogP contribution in [0.3, 0.4) is 0 Å². The number of carbonyl (C=O) groups excluding carboxylic acids is 2. The molecule has 0 saturated heterocycles. The van der Waals surface area contributed by atoms with E-state index >= 15 is 0 Å². The Morgan fingerprint density at radius 1 is 0.755 bits per heavy atom. The van der Waals surface area contributed by atoms with Gasteiger partial charge in [-0.15, -0.1) is 0 Å². The summed E-state index contributed by atoms with van der Waals surface area (Å²) in [5.74, 6) is 1.09. The minimum Gasteiger partial charge on any atom is -0.493 e. The monoisotopic (exact) mass is 689 g/mol. The first-order valence-electron chi connectivity index (χ1n) is 15.9. The van der Waals surface area contributed by atoms with Crippen molar-refractivity contribution < 1.29 is 19.1 Å². The van der Waals surface area contributed by atoms with E-state index in [0.29, 0.717) is 58.1 Å². The van der Waals surface area contributed by atoms with Crippen molar-refractivity contribution in [2.24, 2.45) is 0 Å². The standard InChI is InChI=1S/C40H33Cl2N3O4/c1-48-37-21-29-16-17-44(24-31(29)22-38(37)49-2)40(47)36-20-30-19-28(10-15-35(30)45(36)23-25-4-3-5-33(42)18-25)26-8-13-34(14-9-26)43-39(46)27-6-11-32(41)12-7-27/h3-15,18-22H,16-17,23-24H2,1-2H3,(H,43,46). The molecule has 1 aliphatic rings. The van der Waals surface area contributed by atoms with Crippen LogP contribution in [-0.2, 0) is 19.5 Å². The molecule has 0 fully saturated rings. The van der Waals surface area contributed by atoms with Crippen LogP contribution in [-0.4, -0.2) is 42.0 Å². The molecule has 9 heteroatoms. The predicted molar refractivity (Wildman–Crippen MR) is 195 cm³/mol. The minimum absolute atomic E-state index is 0.0407. The average molecular weight is 691 g/mol. The van der Waals surface area contributed by atoms with E-state index in [0.717, 1.165) is 45.1 Å². The summed E-state index contributed by atoms with van der Waals surface area (Å²) in [6.07, 6.45) is 0.718. The summed E-state index contributed by atoms with van der Waals surface area (Å²) in [6, 6.07) is 34.4. The fourth-order valence-corrected chi connectivity index (χ4v) is 6.72. The Kier molecular flexibility index (Phi) is 9.04. The molecule has 2 heterocycles. The van der Waals surface area contributed by atoms with E-state index in [1.165, 1.54) is 0 Å². The number of nitrogens with zero attached hydrogens (tertiary/aromatic N) is 2. The van der Waals surface area contributed by atoms with Crippen LogP contribution in [0.25, 0.3) is 22.0 Å². The summed E-state index contributed by atoms with van der Waals surface area (Å²) in [4.78, 5) is 28.9. The smallest absolute Gasteiger partial charge is 0.270 e. The number of methoxy groups -OCH3 is 2. The lowest BCUT2D eigenvalue weighted by Crippen LogP contribution is -2.37. The van der Waals surface area contributed by atoms with Gasteiger partial charge in [-0.3, -0.25) is 9.59 Å². The Morgan fingerprint density at radius 2 is 1.47 bits per heavy atom. The highest BCUT2D eigenvalue weighted by Crippen LogP contribution is 2.35. The van der Waals surface area contributed by atoms with Crippen molar-refractivity contribution in [3.8, 4) is 22.6 Å². The van der Waals surface area contributed by atoms with Gasteiger partial charge in [0.2, 0.25) is 0 Å². The van der Waals surface area contributed by atoms with Crippen LogP contribution in [0.4, 0.5) is 5.69 Å². The molecule has 0 bridgehead atoms. The van der Waals surface area contributed by atoms with Crippen molar-refractivity contribution in [1.82, 2.24) is 9.47 Å². The lowest BCUT2D eigenvalue weighted by Gasteiger charge is -2.30. The van der Waals surface area contributed by atoms with E-state index in [1.807, 2.05) is 71.6 Å². The number of fused-ring (bicyclic) bond motifs is 2. The quantitative estimate of drug-likeness (QED) is 0.173. The maximum absolute atomic E-state index is 14.3. The fourth-order valence-electron chi connectivity index (χ4n) is 6.38. The Bertz CT molecular complexity index is 2190. The molecule has 2 amide bonds. The first-order chi connectivity index (χ1) is 23.8. The summed E-state index contributed by atoms with van der Waals surface area (Å²) in [5.41, 5.74) is 7.95. The molecule has 0 saturated carbocycles. The maximum Gasteiger partial charge on any atom is 0.270 e. The molecule has 0 aliphatic carbocycles. The summed E-state index contributed by atoms with van der Waals surface area (Å²) in [6.45, 7) is 1.55. The third-order valence-corrected chi connectivity index (χ3v) is 9.43. The lowest BCUT2D eigenvalue weighted by atomic mass is 9.98. The zero-order valence-electron chi connectivity index (χ0n) is 27.0. The second kappa shape index (κ2) is 13.7. The molecule has 0 radical (unpaired) electrons. The van der Waals surface area contributed by atoms with E-state index in [9.17, 15) is 9.59 Å². The normalized spacial score (nSPS) is 12.4. The van der Waals surface area contributed by atoms with Gasteiger partial charge in [0, 0.05) is 51.8 Å². The van der Waals surface area contributed by atoms with E-state index in [2.05, 4.69) is 28.1 Å². The lowest BCUT2D eigenvalue weighted by molar-refractivity contribution is 0.0724. The van der Waals surface area contributed by atoms with Gasteiger partial charge in [0.1, 0.15) is 5.69 Å². The number of carbonyl (C=O) groups is 2. The third kappa shape index (κ3) is 6.73. The third-order valence-electron chi connectivity index (χ3n) is 8.94. The van der Waals surface area contributed by atoms with E-state index in [1.54, 1.807) is 38.5 Å². The van der Waals surface area contributed by atoms with Gasteiger partial charge in [-0.2, -0.15) is 0 Å². The van der Waals surface area contributed by atoms with Gasteiger partial charge in [0.25, 0.3) is 11.8 Å². The van der Waals surface area contributed by atoms with Crippen molar-refractivity contribution in [3.05, 3.63) is 147 Å². The van der Waals surface area contributed by atoms with Crippen molar-refractivity contribution in [2.45, 2.75) is 19.5 Å². The molecule has 1 aromatic heterocycles. The largest absolute Gasteiger partial charge is 0.493 e. The van der Waals surface area contributed by atoms with Crippen LogP contribution in [0.15, 0.2) is 109 Å². The van der Waals surface area contributed by atoms with Crippen LogP contribution >= 0.6 is 23.2 Å². The first-order valence-corrected chi connectivity index (χ1v) is 16.6. The number of anilines is 1. The zero-order chi connectivity index (χ0) is 34.1. The Morgan fingerprint density at radius 3 is 2.18 bits per heavy atom. The molecule has 246 valence electrons. The Labute approximate surface area is 294 Å². The number of nitrogens with one attached hydrogen (secondary N) is 1. The summed E-state index contributed by atoms with van der Waals surface area (Å²) < 4.78 is 13.1. The minimum atomic E-state index is -0.208. The second-order valence-corrected chi connectivity index (χ2v) is 12.9. The second-order valence-electron chi connectivity index (χ2n) is 12.0. The topological polar surface area (TPSA) is 72.8 Å².